The summed E-state index contributed by atoms with van der Waals surface area (Å²) in [6.45, 7) is 1.56. The van der Waals surface area contributed by atoms with Crippen LogP contribution in [0.2, 0.25) is 0 Å². The van der Waals surface area contributed by atoms with Gasteiger partial charge in [0.2, 0.25) is 5.75 Å². The Morgan fingerprint density at radius 2 is 2.26 bits per heavy atom. The molecule has 2 rings (SSSR count). The fourth-order valence-corrected chi connectivity index (χ4v) is 2.02. The molecule has 1 unspecified atom stereocenters. The number of nitrogens with zero attached hydrogens (tertiary/aromatic N) is 1. The molecule has 0 radical (unpaired) electrons. The summed E-state index contributed by atoms with van der Waals surface area (Å²) in [7, 11) is 1.30. The molecule has 1 fully saturated rings. The van der Waals surface area contributed by atoms with Gasteiger partial charge in [0.05, 0.1) is 18.1 Å². The molecule has 1 aliphatic heterocycles. The lowest BCUT2D eigenvalue weighted by atomic mass is 10.1. The number of nitrogens with one attached hydrogen (secondary N) is 1. The number of methoxy groups -OCH3 is 1. The van der Waals surface area contributed by atoms with Gasteiger partial charge in [-0.3, -0.25) is 10.1 Å². The molecule has 6 nitrogen and oxygen atoms in total. The molecule has 1 aromatic rings. The molecule has 0 spiro atoms. The number of piperidine rings is 1. The lowest BCUT2D eigenvalue weighted by Crippen LogP contribution is -2.37. The molecular formula is C12H15FN2O4. The highest BCUT2D eigenvalue weighted by Gasteiger charge is 2.22. The van der Waals surface area contributed by atoms with Gasteiger partial charge in [-0.2, -0.15) is 0 Å². The van der Waals surface area contributed by atoms with Gasteiger partial charge in [0.25, 0.3) is 0 Å². The third-order valence-corrected chi connectivity index (χ3v) is 2.98. The quantitative estimate of drug-likeness (QED) is 0.668. The van der Waals surface area contributed by atoms with Crippen LogP contribution in [-0.2, 0) is 0 Å². The van der Waals surface area contributed by atoms with Crippen LogP contribution >= 0.6 is 0 Å². The van der Waals surface area contributed by atoms with Crippen molar-refractivity contribution in [3.63, 3.8) is 0 Å². The molecular weight excluding hydrogens is 255 g/mol. The van der Waals surface area contributed by atoms with E-state index in [2.05, 4.69) is 5.32 Å². The SMILES string of the molecule is COc1cc(OC2CCCNC2)c(F)cc1[N+](=O)[O-]. The summed E-state index contributed by atoms with van der Waals surface area (Å²) in [4.78, 5) is 10.1. The van der Waals surface area contributed by atoms with Crippen molar-refractivity contribution in [2.45, 2.75) is 18.9 Å². The summed E-state index contributed by atoms with van der Waals surface area (Å²) in [5.74, 6) is -0.778. The smallest absolute Gasteiger partial charge is 0.314 e. The molecule has 1 aliphatic rings. The largest absolute Gasteiger partial charge is 0.490 e. The van der Waals surface area contributed by atoms with E-state index in [1.807, 2.05) is 0 Å². The Balaban J connectivity index is 2.22. The van der Waals surface area contributed by atoms with Gasteiger partial charge in [-0.15, -0.1) is 0 Å². The van der Waals surface area contributed by atoms with E-state index in [1.165, 1.54) is 13.2 Å². The third-order valence-electron chi connectivity index (χ3n) is 2.98. The lowest BCUT2D eigenvalue weighted by molar-refractivity contribution is -0.386. The van der Waals surface area contributed by atoms with Crippen LogP contribution in [0.15, 0.2) is 12.1 Å². The average Bonchev–Trinajstić information content (AvgIpc) is 2.41. The highest BCUT2D eigenvalue weighted by atomic mass is 19.1. The summed E-state index contributed by atoms with van der Waals surface area (Å²) in [5.41, 5.74) is -0.408. The first-order chi connectivity index (χ1) is 9.11. The topological polar surface area (TPSA) is 73.6 Å². The van der Waals surface area contributed by atoms with Gasteiger partial charge < -0.3 is 14.8 Å². The first kappa shape index (κ1) is 13.5. The summed E-state index contributed by atoms with van der Waals surface area (Å²) < 4.78 is 24.2. The number of ether oxygens (including phenoxy) is 2. The number of hydrogen-bond donors (Lipinski definition) is 1. The Bertz CT molecular complexity index is 475. The van der Waals surface area contributed by atoms with Gasteiger partial charge in [-0.1, -0.05) is 0 Å². The van der Waals surface area contributed by atoms with Crippen LogP contribution < -0.4 is 14.8 Å². The molecule has 7 heteroatoms. The van der Waals surface area contributed by atoms with E-state index >= 15 is 0 Å². The first-order valence-electron chi connectivity index (χ1n) is 6.01. The van der Waals surface area contributed by atoms with E-state index in [4.69, 9.17) is 9.47 Å². The van der Waals surface area contributed by atoms with E-state index in [0.29, 0.717) is 6.54 Å². The summed E-state index contributed by atoms with van der Waals surface area (Å²) in [5, 5.41) is 13.9. The van der Waals surface area contributed by atoms with E-state index in [9.17, 15) is 14.5 Å². The molecule has 19 heavy (non-hydrogen) atoms. The van der Waals surface area contributed by atoms with Crippen molar-refractivity contribution in [3.05, 3.63) is 28.1 Å². The molecule has 1 saturated heterocycles. The van der Waals surface area contributed by atoms with Crippen molar-refractivity contribution >= 4 is 5.69 Å². The lowest BCUT2D eigenvalue weighted by Gasteiger charge is -2.24. The van der Waals surface area contributed by atoms with Crippen LogP contribution in [0.1, 0.15) is 12.8 Å². The molecule has 1 aromatic carbocycles. The molecule has 0 amide bonds. The maximum Gasteiger partial charge on any atom is 0.314 e. The zero-order valence-electron chi connectivity index (χ0n) is 10.5. The number of benzene rings is 1. The van der Waals surface area contributed by atoms with Crippen LogP contribution in [0, 0.1) is 15.9 Å². The molecule has 0 aromatic heterocycles. The van der Waals surface area contributed by atoms with Crippen molar-refractivity contribution in [3.8, 4) is 11.5 Å². The van der Waals surface area contributed by atoms with Gasteiger partial charge in [0, 0.05) is 12.6 Å². The van der Waals surface area contributed by atoms with Gasteiger partial charge in [0.1, 0.15) is 6.10 Å². The molecule has 1 N–H and O–H groups in total. The van der Waals surface area contributed by atoms with Crippen molar-refractivity contribution in [2.24, 2.45) is 0 Å². The predicted molar refractivity (Wildman–Crippen MR) is 66.1 cm³/mol. The van der Waals surface area contributed by atoms with Crippen molar-refractivity contribution in [1.29, 1.82) is 0 Å². The second-order valence-electron chi connectivity index (χ2n) is 4.30. The number of rotatable bonds is 4. The predicted octanol–water partition coefficient (Wildman–Crippen LogP) is 1.87. The van der Waals surface area contributed by atoms with Crippen molar-refractivity contribution < 1.29 is 18.8 Å². The fourth-order valence-electron chi connectivity index (χ4n) is 2.02. The number of hydrogen-bond acceptors (Lipinski definition) is 5. The van der Waals surface area contributed by atoms with Crippen LogP contribution in [0.5, 0.6) is 11.5 Å². The molecule has 104 valence electrons. The second-order valence-corrected chi connectivity index (χ2v) is 4.30. The van der Waals surface area contributed by atoms with Gasteiger partial charge in [-0.05, 0) is 19.4 Å². The molecule has 0 aliphatic carbocycles. The van der Waals surface area contributed by atoms with E-state index in [0.717, 1.165) is 25.5 Å². The molecule has 0 saturated carbocycles. The van der Waals surface area contributed by atoms with Crippen LogP contribution in [0.3, 0.4) is 0 Å². The van der Waals surface area contributed by atoms with Gasteiger partial charge in [0.15, 0.2) is 11.6 Å². The average molecular weight is 270 g/mol. The number of halogens is 1. The van der Waals surface area contributed by atoms with E-state index in [-0.39, 0.29) is 17.6 Å². The van der Waals surface area contributed by atoms with Crippen LogP contribution in [0.25, 0.3) is 0 Å². The molecule has 1 heterocycles. The Labute approximate surface area is 109 Å². The zero-order valence-corrected chi connectivity index (χ0v) is 10.5. The van der Waals surface area contributed by atoms with E-state index < -0.39 is 16.4 Å². The second kappa shape index (κ2) is 5.83. The first-order valence-corrected chi connectivity index (χ1v) is 6.01. The normalized spacial score (nSPS) is 18.9. The minimum absolute atomic E-state index is 0.00910. The number of nitro benzene ring substituents is 1. The Morgan fingerprint density at radius 1 is 1.47 bits per heavy atom. The highest BCUT2D eigenvalue weighted by Crippen LogP contribution is 2.34. The third kappa shape index (κ3) is 3.11. The van der Waals surface area contributed by atoms with Crippen molar-refractivity contribution in [1.82, 2.24) is 5.32 Å². The Kier molecular flexibility index (Phi) is 4.16. The van der Waals surface area contributed by atoms with Gasteiger partial charge in [-0.25, -0.2) is 4.39 Å². The maximum atomic E-state index is 13.8. The zero-order chi connectivity index (χ0) is 13.8. The molecule has 0 bridgehead atoms. The minimum Gasteiger partial charge on any atom is -0.490 e. The standard InChI is InChI=1S/C12H15FN2O4/c1-18-12-6-11(9(13)5-10(12)15(16)17)19-8-3-2-4-14-7-8/h5-6,8,14H,2-4,7H2,1H3. The molecule has 1 atom stereocenters. The Hall–Kier alpha value is -1.89. The summed E-state index contributed by atoms with van der Waals surface area (Å²) in [6.07, 6.45) is 1.65. The number of nitro groups is 1. The van der Waals surface area contributed by atoms with Crippen LogP contribution in [-0.4, -0.2) is 31.2 Å². The maximum absolute atomic E-state index is 13.8. The fraction of sp³-hybridized carbons (Fsp3) is 0.500. The summed E-state index contributed by atoms with van der Waals surface area (Å²) >= 11 is 0. The Morgan fingerprint density at radius 3 is 2.84 bits per heavy atom. The van der Waals surface area contributed by atoms with Crippen molar-refractivity contribution in [2.75, 3.05) is 20.2 Å². The monoisotopic (exact) mass is 270 g/mol. The van der Waals surface area contributed by atoms with Crippen LogP contribution in [0.4, 0.5) is 10.1 Å². The van der Waals surface area contributed by atoms with Gasteiger partial charge >= 0.3 is 5.69 Å². The summed E-state index contributed by atoms with van der Waals surface area (Å²) in [6, 6.07) is 2.05. The highest BCUT2D eigenvalue weighted by molar-refractivity contribution is 5.51. The van der Waals surface area contributed by atoms with E-state index in [1.54, 1.807) is 0 Å². The minimum atomic E-state index is -0.752.